The van der Waals surface area contributed by atoms with Crippen molar-refractivity contribution in [2.45, 2.75) is 6.92 Å². The van der Waals surface area contributed by atoms with Crippen LogP contribution in [0.15, 0.2) is 33.6 Å². The van der Waals surface area contributed by atoms with Gasteiger partial charge in [0.1, 0.15) is 11.6 Å². The van der Waals surface area contributed by atoms with Crippen LogP contribution in [0.2, 0.25) is 0 Å². The third-order valence-corrected chi connectivity index (χ3v) is 2.78. The first-order chi connectivity index (χ1) is 9.04. The van der Waals surface area contributed by atoms with E-state index in [9.17, 15) is 9.59 Å². The van der Waals surface area contributed by atoms with Gasteiger partial charge in [-0.05, 0) is 19.1 Å². The van der Waals surface area contributed by atoms with Gasteiger partial charge in [0.05, 0.1) is 16.9 Å². The molecule has 1 N–H and O–H groups in total. The Morgan fingerprint density at radius 1 is 1.42 bits per heavy atom. The Balaban J connectivity index is 2.37. The summed E-state index contributed by atoms with van der Waals surface area (Å²) in [4.78, 5) is 23.6. The first kappa shape index (κ1) is 12.6. The lowest BCUT2D eigenvalue weighted by molar-refractivity contribution is 0.102. The van der Waals surface area contributed by atoms with E-state index in [0.717, 1.165) is 0 Å². The fraction of sp³-hybridized carbons (Fsp3) is 0.154. The number of aromatic nitrogens is 1. The summed E-state index contributed by atoms with van der Waals surface area (Å²) in [6.07, 6.45) is 0. The Bertz CT molecular complexity index is 734. The topological polar surface area (TPSA) is 88.0 Å². The number of nitriles is 1. The predicted molar refractivity (Wildman–Crippen MR) is 67.8 cm³/mol. The summed E-state index contributed by atoms with van der Waals surface area (Å²) in [7, 11) is 1.54. The van der Waals surface area contributed by atoms with Gasteiger partial charge >= 0.3 is 5.63 Å². The molecule has 6 nitrogen and oxygen atoms in total. The van der Waals surface area contributed by atoms with Crippen LogP contribution in [0.5, 0.6) is 0 Å². The standard InChI is InChI=1S/C13H11N3O3/c1-8-11(13(18)19-16(8)2)12(17)15-10-6-4-3-5-9(10)7-14/h3-6H,1-2H3,(H,15,17). The van der Waals surface area contributed by atoms with E-state index in [1.54, 1.807) is 31.2 Å². The van der Waals surface area contributed by atoms with Crippen molar-refractivity contribution in [2.75, 3.05) is 5.32 Å². The van der Waals surface area contributed by atoms with Crippen LogP contribution in [-0.2, 0) is 7.05 Å². The van der Waals surface area contributed by atoms with E-state index in [2.05, 4.69) is 5.32 Å². The monoisotopic (exact) mass is 257 g/mol. The quantitative estimate of drug-likeness (QED) is 0.881. The molecule has 0 aliphatic heterocycles. The summed E-state index contributed by atoms with van der Waals surface area (Å²) in [6.45, 7) is 1.61. The van der Waals surface area contributed by atoms with Crippen LogP contribution in [0.1, 0.15) is 21.6 Å². The lowest BCUT2D eigenvalue weighted by Crippen LogP contribution is -2.19. The second kappa shape index (κ2) is 4.82. The molecule has 0 aliphatic rings. The second-order valence-electron chi connectivity index (χ2n) is 3.95. The van der Waals surface area contributed by atoms with Crippen LogP contribution >= 0.6 is 0 Å². The van der Waals surface area contributed by atoms with Crippen molar-refractivity contribution >= 4 is 11.6 Å². The molecule has 0 radical (unpaired) electrons. The fourth-order valence-corrected chi connectivity index (χ4v) is 1.68. The van der Waals surface area contributed by atoms with E-state index in [0.29, 0.717) is 16.9 Å². The highest BCUT2D eigenvalue weighted by atomic mass is 16.5. The molecule has 1 heterocycles. The van der Waals surface area contributed by atoms with Crippen molar-refractivity contribution in [3.8, 4) is 6.07 Å². The zero-order valence-corrected chi connectivity index (χ0v) is 10.4. The number of para-hydroxylation sites is 1. The summed E-state index contributed by atoms with van der Waals surface area (Å²) >= 11 is 0. The average Bonchev–Trinajstić information content (AvgIpc) is 2.64. The normalized spacial score (nSPS) is 9.95. The first-order valence-corrected chi connectivity index (χ1v) is 5.52. The van der Waals surface area contributed by atoms with Gasteiger partial charge in [0.2, 0.25) is 0 Å². The average molecular weight is 257 g/mol. The minimum Gasteiger partial charge on any atom is -0.336 e. The molecular formula is C13H11N3O3. The molecule has 6 heteroatoms. The van der Waals surface area contributed by atoms with Crippen molar-refractivity contribution in [2.24, 2.45) is 7.05 Å². The summed E-state index contributed by atoms with van der Waals surface area (Å²) < 4.78 is 6.03. The number of anilines is 1. The maximum absolute atomic E-state index is 12.0. The minimum atomic E-state index is -0.702. The Kier molecular flexibility index (Phi) is 3.21. The van der Waals surface area contributed by atoms with Crippen molar-refractivity contribution < 1.29 is 9.32 Å². The third-order valence-electron chi connectivity index (χ3n) is 2.78. The number of hydrogen-bond acceptors (Lipinski definition) is 4. The number of benzene rings is 1. The summed E-state index contributed by atoms with van der Waals surface area (Å²) in [5.41, 5.74) is 0.352. The third kappa shape index (κ3) is 2.26. The van der Waals surface area contributed by atoms with E-state index < -0.39 is 11.5 Å². The van der Waals surface area contributed by atoms with Crippen molar-refractivity contribution in [3.05, 3.63) is 51.5 Å². The molecule has 96 valence electrons. The van der Waals surface area contributed by atoms with E-state index in [4.69, 9.17) is 9.78 Å². The molecule has 1 amide bonds. The number of carbonyl (C=O) groups is 1. The second-order valence-corrected chi connectivity index (χ2v) is 3.95. The number of carbonyl (C=O) groups excluding carboxylic acids is 1. The van der Waals surface area contributed by atoms with Crippen LogP contribution in [0.4, 0.5) is 5.69 Å². The largest absolute Gasteiger partial charge is 0.370 e. The van der Waals surface area contributed by atoms with E-state index in [1.807, 2.05) is 6.07 Å². The summed E-state index contributed by atoms with van der Waals surface area (Å²) in [5, 5.41) is 11.5. The molecule has 0 spiro atoms. The van der Waals surface area contributed by atoms with Crippen LogP contribution in [0.3, 0.4) is 0 Å². The van der Waals surface area contributed by atoms with Gasteiger partial charge in [-0.1, -0.05) is 12.1 Å². The lowest BCUT2D eigenvalue weighted by atomic mass is 10.2. The fourth-order valence-electron chi connectivity index (χ4n) is 1.68. The predicted octanol–water partition coefficient (Wildman–Crippen LogP) is 1.41. The van der Waals surface area contributed by atoms with Gasteiger partial charge in [-0.3, -0.25) is 4.79 Å². The van der Waals surface area contributed by atoms with Gasteiger partial charge in [0.25, 0.3) is 5.91 Å². The highest BCUT2D eigenvalue weighted by Crippen LogP contribution is 2.15. The van der Waals surface area contributed by atoms with Gasteiger partial charge in [0, 0.05) is 7.05 Å². The lowest BCUT2D eigenvalue weighted by Gasteiger charge is -2.05. The first-order valence-electron chi connectivity index (χ1n) is 5.52. The maximum atomic E-state index is 12.0. The molecule has 0 saturated carbocycles. The van der Waals surface area contributed by atoms with Crippen molar-refractivity contribution in [3.63, 3.8) is 0 Å². The van der Waals surface area contributed by atoms with Crippen LogP contribution in [-0.4, -0.2) is 10.6 Å². The van der Waals surface area contributed by atoms with Gasteiger partial charge < -0.3 is 9.84 Å². The molecule has 0 unspecified atom stereocenters. The molecule has 0 atom stereocenters. The smallest absolute Gasteiger partial charge is 0.336 e. The molecule has 19 heavy (non-hydrogen) atoms. The molecule has 2 rings (SSSR count). The number of aryl methyl sites for hydroxylation is 1. The van der Waals surface area contributed by atoms with Crippen LogP contribution in [0, 0.1) is 18.3 Å². The Hall–Kier alpha value is -2.81. The number of amides is 1. The molecule has 0 aliphatic carbocycles. The summed E-state index contributed by atoms with van der Waals surface area (Å²) in [6, 6.07) is 8.52. The van der Waals surface area contributed by atoms with Gasteiger partial charge in [-0.2, -0.15) is 5.26 Å². The SMILES string of the molecule is Cc1c(C(=O)Nc2ccccc2C#N)c(=O)on1C. The van der Waals surface area contributed by atoms with E-state index >= 15 is 0 Å². The summed E-state index contributed by atoms with van der Waals surface area (Å²) in [5.74, 6) is -0.588. The number of nitrogens with zero attached hydrogens (tertiary/aromatic N) is 2. The van der Waals surface area contributed by atoms with Crippen LogP contribution < -0.4 is 10.9 Å². The Morgan fingerprint density at radius 2 is 2.11 bits per heavy atom. The number of rotatable bonds is 2. The molecule has 1 aromatic carbocycles. The minimum absolute atomic E-state index is 0.0600. The van der Waals surface area contributed by atoms with Gasteiger partial charge in [-0.25, -0.2) is 9.53 Å². The van der Waals surface area contributed by atoms with Crippen molar-refractivity contribution in [1.29, 1.82) is 5.26 Å². The molecule has 1 aromatic heterocycles. The van der Waals surface area contributed by atoms with Gasteiger partial charge in [0.15, 0.2) is 0 Å². The number of nitrogens with one attached hydrogen (secondary N) is 1. The Morgan fingerprint density at radius 3 is 2.68 bits per heavy atom. The molecule has 0 fully saturated rings. The zero-order chi connectivity index (χ0) is 14.0. The Labute approximate surface area is 108 Å². The maximum Gasteiger partial charge on any atom is 0.370 e. The van der Waals surface area contributed by atoms with E-state index in [1.165, 1.54) is 11.8 Å². The van der Waals surface area contributed by atoms with Crippen molar-refractivity contribution in [1.82, 2.24) is 4.74 Å². The zero-order valence-electron chi connectivity index (χ0n) is 10.4. The van der Waals surface area contributed by atoms with Gasteiger partial charge in [-0.15, -0.1) is 0 Å². The molecule has 0 bridgehead atoms. The molecular weight excluding hydrogens is 246 g/mol. The number of hydrogen-bond donors (Lipinski definition) is 1. The highest BCUT2D eigenvalue weighted by molar-refractivity contribution is 6.05. The molecule has 0 saturated heterocycles. The molecule has 2 aromatic rings. The highest BCUT2D eigenvalue weighted by Gasteiger charge is 2.20. The van der Waals surface area contributed by atoms with E-state index in [-0.39, 0.29) is 5.56 Å². The van der Waals surface area contributed by atoms with Crippen LogP contribution in [0.25, 0.3) is 0 Å².